The molecule has 110 valence electrons. The molecule has 1 unspecified atom stereocenters. The third-order valence-electron chi connectivity index (χ3n) is 5.47. The van der Waals surface area contributed by atoms with Gasteiger partial charge in [0.25, 0.3) is 0 Å². The van der Waals surface area contributed by atoms with Gasteiger partial charge in [-0.2, -0.15) is 0 Å². The maximum absolute atomic E-state index is 3.97. The van der Waals surface area contributed by atoms with Gasteiger partial charge in [0.2, 0.25) is 0 Å². The molecule has 2 aliphatic rings. The summed E-state index contributed by atoms with van der Waals surface area (Å²) < 4.78 is 0. The van der Waals surface area contributed by atoms with Gasteiger partial charge in [0.15, 0.2) is 0 Å². The fourth-order valence-electron chi connectivity index (χ4n) is 4.25. The zero-order valence-corrected chi connectivity index (χ0v) is 13.4. The molecular weight excluding hydrogens is 242 g/mol. The topological polar surface area (TPSA) is 12.0 Å². The summed E-state index contributed by atoms with van der Waals surface area (Å²) in [6.07, 6.45) is 9.69. The number of rotatable bonds is 3. The van der Waals surface area contributed by atoms with Gasteiger partial charge in [-0.05, 0) is 82.0 Å². The Morgan fingerprint density at radius 1 is 1.05 bits per heavy atom. The Hall–Kier alpha value is -0.820. The van der Waals surface area contributed by atoms with Crippen LogP contribution in [-0.2, 0) is 6.42 Å². The molecular formula is C19H29N. The highest BCUT2D eigenvalue weighted by atomic mass is 15.0. The van der Waals surface area contributed by atoms with Gasteiger partial charge in [-0.15, -0.1) is 0 Å². The van der Waals surface area contributed by atoms with Crippen LogP contribution in [0.3, 0.4) is 0 Å². The molecule has 1 N–H and O–H groups in total. The highest BCUT2D eigenvalue weighted by Gasteiger charge is 2.45. The minimum absolute atomic E-state index is 0.404. The van der Waals surface area contributed by atoms with E-state index in [1.165, 1.54) is 68.2 Å². The summed E-state index contributed by atoms with van der Waals surface area (Å²) >= 11 is 0. The first-order chi connectivity index (χ1) is 9.61. The van der Waals surface area contributed by atoms with Crippen LogP contribution >= 0.6 is 0 Å². The predicted octanol–water partition coefficient (Wildman–Crippen LogP) is 4.47. The molecule has 3 rings (SSSR count). The smallest absolute Gasteiger partial charge is 0.0250 e. The van der Waals surface area contributed by atoms with Crippen LogP contribution in [-0.4, -0.2) is 12.1 Å². The zero-order chi connectivity index (χ0) is 14.2. The molecule has 0 radical (unpaired) electrons. The predicted molar refractivity (Wildman–Crippen MR) is 86.3 cm³/mol. The lowest BCUT2D eigenvalue weighted by molar-refractivity contribution is 0.270. The van der Waals surface area contributed by atoms with Crippen LogP contribution in [0.5, 0.6) is 0 Å². The van der Waals surface area contributed by atoms with E-state index in [-0.39, 0.29) is 0 Å². The van der Waals surface area contributed by atoms with Crippen molar-refractivity contribution in [2.75, 3.05) is 6.54 Å². The summed E-state index contributed by atoms with van der Waals surface area (Å²) in [4.78, 5) is 0. The van der Waals surface area contributed by atoms with Crippen LogP contribution < -0.4 is 5.32 Å². The van der Waals surface area contributed by atoms with Gasteiger partial charge in [0, 0.05) is 5.54 Å². The van der Waals surface area contributed by atoms with Crippen molar-refractivity contribution < 1.29 is 0 Å². The van der Waals surface area contributed by atoms with E-state index in [2.05, 4.69) is 38.2 Å². The molecule has 0 spiro atoms. The largest absolute Gasteiger partial charge is 0.311 e. The summed E-state index contributed by atoms with van der Waals surface area (Å²) in [5, 5.41) is 3.97. The van der Waals surface area contributed by atoms with Gasteiger partial charge >= 0.3 is 0 Å². The van der Waals surface area contributed by atoms with E-state index in [1.807, 2.05) is 0 Å². The molecule has 1 saturated carbocycles. The second-order valence-electron chi connectivity index (χ2n) is 7.22. The maximum Gasteiger partial charge on any atom is 0.0250 e. The van der Waals surface area contributed by atoms with Crippen molar-refractivity contribution in [3.63, 3.8) is 0 Å². The standard InChI is InChI=1S/C19H29N/c1-14-11-15(2)18(16(3)12-14)13-19(17-7-8-17)9-5-4-6-10-20-19/h11-12,17,20H,4-10,13H2,1-3H3. The third-order valence-corrected chi connectivity index (χ3v) is 5.47. The molecule has 1 heteroatoms. The van der Waals surface area contributed by atoms with Crippen molar-refractivity contribution in [1.29, 1.82) is 0 Å². The average Bonchev–Trinajstić information content (AvgIpc) is 3.21. The lowest BCUT2D eigenvalue weighted by atomic mass is 9.79. The highest BCUT2D eigenvalue weighted by Crippen LogP contribution is 2.45. The lowest BCUT2D eigenvalue weighted by Gasteiger charge is -2.35. The van der Waals surface area contributed by atoms with E-state index in [4.69, 9.17) is 0 Å². The molecule has 1 aromatic carbocycles. The molecule has 1 nitrogen and oxygen atoms in total. The Kier molecular flexibility index (Phi) is 3.90. The van der Waals surface area contributed by atoms with E-state index in [0.717, 1.165) is 5.92 Å². The lowest BCUT2D eigenvalue weighted by Crippen LogP contribution is -2.49. The first kappa shape index (κ1) is 14.1. The number of hydrogen-bond donors (Lipinski definition) is 1. The van der Waals surface area contributed by atoms with Gasteiger partial charge in [0.05, 0.1) is 0 Å². The second kappa shape index (κ2) is 5.52. The Bertz CT molecular complexity index is 454. The summed E-state index contributed by atoms with van der Waals surface area (Å²) in [6, 6.07) is 4.72. The van der Waals surface area contributed by atoms with Gasteiger partial charge in [-0.1, -0.05) is 30.5 Å². The van der Waals surface area contributed by atoms with Crippen LogP contribution in [0, 0.1) is 26.7 Å². The molecule has 2 fully saturated rings. The molecule has 1 aliphatic heterocycles. The van der Waals surface area contributed by atoms with E-state index in [0.29, 0.717) is 5.54 Å². The van der Waals surface area contributed by atoms with E-state index in [9.17, 15) is 0 Å². The van der Waals surface area contributed by atoms with Crippen molar-refractivity contribution in [3.8, 4) is 0 Å². The Morgan fingerprint density at radius 2 is 1.75 bits per heavy atom. The number of aryl methyl sites for hydroxylation is 3. The summed E-state index contributed by atoms with van der Waals surface area (Å²) in [7, 11) is 0. The normalized spacial score (nSPS) is 27.4. The molecule has 1 heterocycles. The monoisotopic (exact) mass is 271 g/mol. The van der Waals surface area contributed by atoms with Crippen molar-refractivity contribution in [1.82, 2.24) is 5.32 Å². The number of hydrogen-bond acceptors (Lipinski definition) is 1. The molecule has 20 heavy (non-hydrogen) atoms. The Balaban J connectivity index is 1.90. The van der Waals surface area contributed by atoms with Gasteiger partial charge < -0.3 is 5.32 Å². The minimum Gasteiger partial charge on any atom is -0.311 e. The fraction of sp³-hybridized carbons (Fsp3) is 0.684. The van der Waals surface area contributed by atoms with Crippen LogP contribution in [0.2, 0.25) is 0 Å². The Morgan fingerprint density at radius 3 is 2.40 bits per heavy atom. The summed E-state index contributed by atoms with van der Waals surface area (Å²) in [5.74, 6) is 0.931. The van der Waals surface area contributed by atoms with E-state index < -0.39 is 0 Å². The van der Waals surface area contributed by atoms with Crippen LogP contribution in [0.1, 0.15) is 60.8 Å². The Labute approximate surface area is 124 Å². The molecule has 1 saturated heterocycles. The van der Waals surface area contributed by atoms with Gasteiger partial charge in [0.1, 0.15) is 0 Å². The van der Waals surface area contributed by atoms with Crippen LogP contribution in [0.15, 0.2) is 12.1 Å². The second-order valence-corrected chi connectivity index (χ2v) is 7.22. The van der Waals surface area contributed by atoms with Crippen molar-refractivity contribution >= 4 is 0 Å². The molecule has 1 atom stereocenters. The van der Waals surface area contributed by atoms with Crippen LogP contribution in [0.4, 0.5) is 0 Å². The molecule has 0 amide bonds. The molecule has 0 bridgehead atoms. The summed E-state index contributed by atoms with van der Waals surface area (Å²) in [5.41, 5.74) is 6.40. The maximum atomic E-state index is 3.97. The number of nitrogens with one attached hydrogen (secondary N) is 1. The molecule has 1 aromatic rings. The van der Waals surface area contributed by atoms with E-state index >= 15 is 0 Å². The van der Waals surface area contributed by atoms with E-state index in [1.54, 1.807) is 5.56 Å². The van der Waals surface area contributed by atoms with Crippen molar-refractivity contribution in [3.05, 3.63) is 34.4 Å². The first-order valence-corrected chi connectivity index (χ1v) is 8.42. The molecule has 0 aromatic heterocycles. The first-order valence-electron chi connectivity index (χ1n) is 8.42. The number of benzene rings is 1. The minimum atomic E-state index is 0.404. The summed E-state index contributed by atoms with van der Waals surface area (Å²) in [6.45, 7) is 8.03. The van der Waals surface area contributed by atoms with Gasteiger partial charge in [-0.25, -0.2) is 0 Å². The zero-order valence-electron chi connectivity index (χ0n) is 13.4. The fourth-order valence-corrected chi connectivity index (χ4v) is 4.25. The average molecular weight is 271 g/mol. The van der Waals surface area contributed by atoms with Crippen molar-refractivity contribution in [2.24, 2.45) is 5.92 Å². The molecule has 1 aliphatic carbocycles. The van der Waals surface area contributed by atoms with Crippen molar-refractivity contribution in [2.45, 2.75) is 71.3 Å². The third kappa shape index (κ3) is 2.79. The quantitative estimate of drug-likeness (QED) is 0.855. The van der Waals surface area contributed by atoms with Gasteiger partial charge in [-0.3, -0.25) is 0 Å². The highest BCUT2D eigenvalue weighted by molar-refractivity contribution is 5.39. The SMILES string of the molecule is Cc1cc(C)c(CC2(C3CC3)CCCCCN2)c(C)c1. The van der Waals surface area contributed by atoms with Crippen LogP contribution in [0.25, 0.3) is 0 Å².